The van der Waals surface area contributed by atoms with Crippen LogP contribution < -0.4 is 11.1 Å². The average molecular weight is 221 g/mol. The predicted octanol–water partition coefficient (Wildman–Crippen LogP) is 1.35. The number of hydrogen-bond acceptors (Lipinski definition) is 2. The molecule has 0 aliphatic heterocycles. The number of rotatable bonds is 4. The van der Waals surface area contributed by atoms with E-state index in [-0.39, 0.29) is 12.5 Å². The average Bonchev–Trinajstić information content (AvgIpc) is 2.29. The molecule has 0 spiro atoms. The van der Waals surface area contributed by atoms with E-state index in [1.165, 1.54) is 5.56 Å². The Morgan fingerprint density at radius 1 is 1.44 bits per heavy atom. The first-order valence-corrected chi connectivity index (χ1v) is 5.36. The lowest BCUT2D eigenvalue weighted by atomic mass is 10.2. The normalized spacial score (nSPS) is 13.6. The number of nitrogens with two attached hydrogens (primary N) is 1. The van der Waals surface area contributed by atoms with E-state index in [0.29, 0.717) is 12.5 Å². The maximum atomic E-state index is 8.84. The maximum absolute atomic E-state index is 8.84. The third-order valence-corrected chi connectivity index (χ3v) is 2.21. The molecular weight excluding hydrogens is 202 g/mol. The zero-order valence-electron chi connectivity index (χ0n) is 9.77. The zero-order valence-corrected chi connectivity index (χ0v) is 9.77. The quantitative estimate of drug-likeness (QED) is 0.531. The van der Waals surface area contributed by atoms with Crippen molar-refractivity contribution in [3.8, 4) is 0 Å². The molecule has 0 fully saturated rings. The Kier molecular flexibility index (Phi) is 4.79. The van der Waals surface area contributed by atoms with Crippen LogP contribution in [0, 0.1) is 12.8 Å². The number of aryl methyl sites for hydroxylation is 1. The number of aliphatic imine (C=N–C) groups is 1. The summed E-state index contributed by atoms with van der Waals surface area (Å²) >= 11 is 0. The summed E-state index contributed by atoms with van der Waals surface area (Å²) in [6.45, 7) is 4.61. The topological polar surface area (TPSA) is 70.6 Å². The van der Waals surface area contributed by atoms with Crippen molar-refractivity contribution in [2.75, 3.05) is 18.5 Å². The van der Waals surface area contributed by atoms with Crippen LogP contribution in [0.5, 0.6) is 0 Å². The van der Waals surface area contributed by atoms with Crippen LogP contribution in [-0.2, 0) is 0 Å². The Morgan fingerprint density at radius 3 is 2.62 bits per heavy atom. The van der Waals surface area contributed by atoms with Crippen molar-refractivity contribution in [1.82, 2.24) is 0 Å². The van der Waals surface area contributed by atoms with Crippen molar-refractivity contribution in [2.24, 2.45) is 16.6 Å². The standard InChI is InChI=1S/C12H19N3O/c1-9-3-5-11(6-4-9)15-12(13)14-7-10(2)8-16/h3-6,10,16H,7-8H2,1-2H3,(H3,13,14,15). The number of hydrogen-bond donors (Lipinski definition) is 3. The smallest absolute Gasteiger partial charge is 0.193 e. The van der Waals surface area contributed by atoms with Crippen molar-refractivity contribution in [3.63, 3.8) is 0 Å². The Morgan fingerprint density at radius 2 is 2.06 bits per heavy atom. The van der Waals surface area contributed by atoms with Crippen molar-refractivity contribution >= 4 is 11.6 Å². The highest BCUT2D eigenvalue weighted by molar-refractivity contribution is 5.92. The number of guanidine groups is 1. The van der Waals surface area contributed by atoms with E-state index in [4.69, 9.17) is 10.8 Å². The van der Waals surface area contributed by atoms with E-state index in [1.54, 1.807) is 0 Å². The number of aliphatic hydroxyl groups is 1. The molecule has 4 heteroatoms. The van der Waals surface area contributed by atoms with Gasteiger partial charge in [0.2, 0.25) is 0 Å². The molecule has 88 valence electrons. The van der Waals surface area contributed by atoms with Crippen LogP contribution in [0.2, 0.25) is 0 Å². The number of benzene rings is 1. The van der Waals surface area contributed by atoms with Gasteiger partial charge in [0.1, 0.15) is 0 Å². The highest BCUT2D eigenvalue weighted by Crippen LogP contribution is 2.07. The van der Waals surface area contributed by atoms with E-state index in [2.05, 4.69) is 10.3 Å². The number of nitrogens with zero attached hydrogens (tertiary/aromatic N) is 1. The molecule has 0 saturated heterocycles. The largest absolute Gasteiger partial charge is 0.396 e. The molecule has 0 bridgehead atoms. The first kappa shape index (κ1) is 12.5. The predicted molar refractivity (Wildman–Crippen MR) is 67.5 cm³/mol. The molecule has 0 saturated carbocycles. The SMILES string of the molecule is Cc1ccc(NC(N)=NCC(C)CO)cc1. The molecule has 1 aromatic rings. The van der Waals surface area contributed by atoms with Crippen molar-refractivity contribution in [1.29, 1.82) is 0 Å². The summed E-state index contributed by atoms with van der Waals surface area (Å²) in [6.07, 6.45) is 0. The van der Waals surface area contributed by atoms with Gasteiger partial charge in [0.05, 0.1) is 0 Å². The Balaban J connectivity index is 2.50. The van der Waals surface area contributed by atoms with E-state index < -0.39 is 0 Å². The van der Waals surface area contributed by atoms with E-state index in [1.807, 2.05) is 38.1 Å². The minimum Gasteiger partial charge on any atom is -0.396 e. The molecular formula is C12H19N3O. The van der Waals surface area contributed by atoms with E-state index in [0.717, 1.165) is 5.69 Å². The molecule has 1 aromatic carbocycles. The highest BCUT2D eigenvalue weighted by atomic mass is 16.3. The van der Waals surface area contributed by atoms with Gasteiger partial charge in [-0.15, -0.1) is 0 Å². The van der Waals surface area contributed by atoms with Crippen molar-refractivity contribution in [3.05, 3.63) is 29.8 Å². The summed E-state index contributed by atoms with van der Waals surface area (Å²) in [5, 5.41) is 11.8. The van der Waals surface area contributed by atoms with Crippen LogP contribution in [0.3, 0.4) is 0 Å². The van der Waals surface area contributed by atoms with Gasteiger partial charge in [-0.25, -0.2) is 0 Å². The minimum atomic E-state index is 0.126. The second-order valence-electron chi connectivity index (χ2n) is 4.00. The molecule has 1 unspecified atom stereocenters. The van der Waals surface area contributed by atoms with Crippen LogP contribution >= 0.6 is 0 Å². The second kappa shape index (κ2) is 6.12. The summed E-state index contributed by atoms with van der Waals surface area (Å²) in [4.78, 5) is 4.14. The van der Waals surface area contributed by atoms with Gasteiger partial charge in [0, 0.05) is 18.8 Å². The lowest BCUT2D eigenvalue weighted by Crippen LogP contribution is -2.23. The monoisotopic (exact) mass is 221 g/mol. The maximum Gasteiger partial charge on any atom is 0.193 e. The van der Waals surface area contributed by atoms with Crippen molar-refractivity contribution in [2.45, 2.75) is 13.8 Å². The van der Waals surface area contributed by atoms with Gasteiger partial charge >= 0.3 is 0 Å². The van der Waals surface area contributed by atoms with Gasteiger partial charge in [-0.3, -0.25) is 4.99 Å². The molecule has 0 aliphatic carbocycles. The molecule has 0 amide bonds. The Hall–Kier alpha value is -1.55. The number of aliphatic hydroxyl groups excluding tert-OH is 1. The van der Waals surface area contributed by atoms with Gasteiger partial charge < -0.3 is 16.2 Å². The number of anilines is 1. The molecule has 0 radical (unpaired) electrons. The van der Waals surface area contributed by atoms with Gasteiger partial charge in [0.15, 0.2) is 5.96 Å². The fourth-order valence-corrected chi connectivity index (χ4v) is 1.14. The van der Waals surface area contributed by atoms with Crippen LogP contribution in [0.4, 0.5) is 5.69 Å². The summed E-state index contributed by atoms with van der Waals surface area (Å²) in [5.74, 6) is 0.516. The van der Waals surface area contributed by atoms with Crippen LogP contribution in [0.15, 0.2) is 29.3 Å². The summed E-state index contributed by atoms with van der Waals surface area (Å²) in [7, 11) is 0. The van der Waals surface area contributed by atoms with Crippen molar-refractivity contribution < 1.29 is 5.11 Å². The van der Waals surface area contributed by atoms with Crippen LogP contribution in [0.25, 0.3) is 0 Å². The molecule has 1 atom stereocenters. The molecule has 4 nitrogen and oxygen atoms in total. The Labute approximate surface area is 96.2 Å². The van der Waals surface area contributed by atoms with Crippen LogP contribution in [0.1, 0.15) is 12.5 Å². The second-order valence-corrected chi connectivity index (χ2v) is 4.00. The lowest BCUT2D eigenvalue weighted by molar-refractivity contribution is 0.242. The highest BCUT2D eigenvalue weighted by Gasteiger charge is 1.99. The number of nitrogens with one attached hydrogen (secondary N) is 1. The first-order valence-electron chi connectivity index (χ1n) is 5.36. The fourth-order valence-electron chi connectivity index (χ4n) is 1.14. The van der Waals surface area contributed by atoms with Gasteiger partial charge in [0.25, 0.3) is 0 Å². The van der Waals surface area contributed by atoms with Crippen LogP contribution in [-0.4, -0.2) is 24.2 Å². The summed E-state index contributed by atoms with van der Waals surface area (Å²) < 4.78 is 0. The van der Waals surface area contributed by atoms with E-state index >= 15 is 0 Å². The molecule has 0 aromatic heterocycles. The Bertz CT molecular complexity index is 346. The third kappa shape index (κ3) is 4.31. The minimum absolute atomic E-state index is 0.126. The molecule has 0 aliphatic rings. The van der Waals surface area contributed by atoms with Gasteiger partial charge in [-0.1, -0.05) is 24.6 Å². The third-order valence-electron chi connectivity index (χ3n) is 2.21. The first-order chi connectivity index (χ1) is 7.61. The fraction of sp³-hybridized carbons (Fsp3) is 0.417. The zero-order chi connectivity index (χ0) is 12.0. The van der Waals surface area contributed by atoms with Gasteiger partial charge in [-0.2, -0.15) is 0 Å². The molecule has 0 heterocycles. The lowest BCUT2D eigenvalue weighted by Gasteiger charge is -2.07. The molecule has 1 rings (SSSR count). The summed E-state index contributed by atoms with van der Waals surface area (Å²) in [6, 6.07) is 7.91. The summed E-state index contributed by atoms with van der Waals surface area (Å²) in [5.41, 5.74) is 7.83. The van der Waals surface area contributed by atoms with Gasteiger partial charge in [-0.05, 0) is 25.0 Å². The molecule has 16 heavy (non-hydrogen) atoms. The molecule has 4 N–H and O–H groups in total. The van der Waals surface area contributed by atoms with E-state index in [9.17, 15) is 0 Å².